The molecule has 0 saturated carbocycles. The number of aliphatic hydroxyl groups is 1. The van der Waals surface area contributed by atoms with Gasteiger partial charge in [-0.25, -0.2) is 0 Å². The summed E-state index contributed by atoms with van der Waals surface area (Å²) < 4.78 is 0. The SMILES string of the molecule is CC(CC(N)=O)NCC(C)(C)C(O)C(C)C. The van der Waals surface area contributed by atoms with E-state index in [0.717, 1.165) is 0 Å². The van der Waals surface area contributed by atoms with Gasteiger partial charge in [-0.3, -0.25) is 4.79 Å². The van der Waals surface area contributed by atoms with Gasteiger partial charge in [-0.1, -0.05) is 27.7 Å². The summed E-state index contributed by atoms with van der Waals surface area (Å²) in [7, 11) is 0. The van der Waals surface area contributed by atoms with Gasteiger partial charge in [0.05, 0.1) is 6.10 Å². The Labute approximate surface area is 98.6 Å². The van der Waals surface area contributed by atoms with E-state index in [1.807, 2.05) is 34.6 Å². The van der Waals surface area contributed by atoms with E-state index in [1.165, 1.54) is 0 Å². The van der Waals surface area contributed by atoms with Crippen molar-refractivity contribution in [2.45, 2.75) is 53.2 Å². The molecule has 0 aromatic heterocycles. The largest absolute Gasteiger partial charge is 0.392 e. The smallest absolute Gasteiger partial charge is 0.218 e. The van der Waals surface area contributed by atoms with Crippen LogP contribution in [0.15, 0.2) is 0 Å². The van der Waals surface area contributed by atoms with E-state index >= 15 is 0 Å². The van der Waals surface area contributed by atoms with Crippen LogP contribution in [0.5, 0.6) is 0 Å². The lowest BCUT2D eigenvalue weighted by atomic mass is 9.80. The molecule has 16 heavy (non-hydrogen) atoms. The molecule has 1 amide bonds. The number of carbonyl (C=O) groups is 1. The van der Waals surface area contributed by atoms with E-state index in [1.54, 1.807) is 0 Å². The summed E-state index contributed by atoms with van der Waals surface area (Å²) in [5.41, 5.74) is 4.90. The Morgan fingerprint density at radius 3 is 2.25 bits per heavy atom. The number of nitrogens with two attached hydrogens (primary N) is 1. The van der Waals surface area contributed by atoms with Crippen molar-refractivity contribution < 1.29 is 9.90 Å². The summed E-state index contributed by atoms with van der Waals surface area (Å²) in [6.07, 6.45) is -0.0332. The van der Waals surface area contributed by atoms with Crippen molar-refractivity contribution in [3.8, 4) is 0 Å². The Balaban J connectivity index is 4.12. The van der Waals surface area contributed by atoms with E-state index in [-0.39, 0.29) is 29.4 Å². The van der Waals surface area contributed by atoms with Crippen molar-refractivity contribution in [2.24, 2.45) is 17.1 Å². The summed E-state index contributed by atoms with van der Waals surface area (Å²) in [4.78, 5) is 10.7. The second kappa shape index (κ2) is 6.21. The fourth-order valence-electron chi connectivity index (χ4n) is 1.82. The minimum Gasteiger partial charge on any atom is -0.392 e. The Morgan fingerprint density at radius 1 is 1.38 bits per heavy atom. The van der Waals surface area contributed by atoms with Crippen LogP contribution in [0.3, 0.4) is 0 Å². The molecule has 0 aromatic carbocycles. The minimum atomic E-state index is -0.360. The van der Waals surface area contributed by atoms with Crippen LogP contribution in [0, 0.1) is 11.3 Å². The van der Waals surface area contributed by atoms with Gasteiger partial charge in [0.25, 0.3) is 0 Å². The number of hydrogen-bond donors (Lipinski definition) is 3. The number of nitrogens with one attached hydrogen (secondary N) is 1. The predicted molar refractivity (Wildman–Crippen MR) is 65.9 cm³/mol. The molecule has 0 aliphatic rings. The monoisotopic (exact) mass is 230 g/mol. The molecule has 0 aliphatic carbocycles. The first-order valence-electron chi connectivity index (χ1n) is 5.86. The van der Waals surface area contributed by atoms with Gasteiger partial charge in [-0.05, 0) is 12.8 Å². The van der Waals surface area contributed by atoms with Gasteiger partial charge >= 0.3 is 0 Å². The number of carbonyl (C=O) groups excluding carboxylic acids is 1. The zero-order chi connectivity index (χ0) is 12.9. The average molecular weight is 230 g/mol. The molecule has 0 radical (unpaired) electrons. The molecule has 4 nitrogen and oxygen atoms in total. The molecule has 0 saturated heterocycles. The highest BCUT2D eigenvalue weighted by atomic mass is 16.3. The second-order valence-corrected chi connectivity index (χ2v) is 5.63. The van der Waals surface area contributed by atoms with Gasteiger partial charge in [0.2, 0.25) is 5.91 Å². The highest BCUT2D eigenvalue weighted by Crippen LogP contribution is 2.25. The van der Waals surface area contributed by atoms with Crippen LogP contribution >= 0.6 is 0 Å². The predicted octanol–water partition coefficient (Wildman–Crippen LogP) is 0.883. The van der Waals surface area contributed by atoms with Crippen molar-refractivity contribution in [2.75, 3.05) is 6.54 Å². The zero-order valence-electron chi connectivity index (χ0n) is 11.1. The Kier molecular flexibility index (Phi) is 5.97. The van der Waals surface area contributed by atoms with E-state index in [2.05, 4.69) is 5.32 Å². The van der Waals surface area contributed by atoms with Crippen LogP contribution in [-0.4, -0.2) is 29.7 Å². The zero-order valence-corrected chi connectivity index (χ0v) is 11.1. The third-order valence-corrected chi connectivity index (χ3v) is 2.85. The van der Waals surface area contributed by atoms with Crippen LogP contribution in [0.25, 0.3) is 0 Å². The van der Waals surface area contributed by atoms with Crippen LogP contribution in [0.4, 0.5) is 0 Å². The lowest BCUT2D eigenvalue weighted by Crippen LogP contribution is -2.45. The molecule has 0 spiro atoms. The summed E-state index contributed by atoms with van der Waals surface area (Å²) in [6.45, 7) is 10.6. The van der Waals surface area contributed by atoms with E-state index in [9.17, 15) is 9.90 Å². The fourth-order valence-corrected chi connectivity index (χ4v) is 1.82. The summed E-state index contributed by atoms with van der Waals surface area (Å²) >= 11 is 0. The molecule has 0 aromatic rings. The van der Waals surface area contributed by atoms with Crippen LogP contribution < -0.4 is 11.1 Å². The highest BCUT2D eigenvalue weighted by molar-refractivity contribution is 5.74. The second-order valence-electron chi connectivity index (χ2n) is 5.63. The summed E-state index contributed by atoms with van der Waals surface area (Å²) in [6, 6.07) is 0.0520. The maximum Gasteiger partial charge on any atom is 0.218 e. The van der Waals surface area contributed by atoms with Crippen molar-refractivity contribution in [1.82, 2.24) is 5.32 Å². The number of amides is 1. The van der Waals surface area contributed by atoms with E-state index in [4.69, 9.17) is 5.73 Å². The molecule has 0 heterocycles. The quantitative estimate of drug-likeness (QED) is 0.608. The van der Waals surface area contributed by atoms with Crippen molar-refractivity contribution in [3.05, 3.63) is 0 Å². The number of hydrogen-bond acceptors (Lipinski definition) is 3. The third kappa shape index (κ3) is 5.47. The van der Waals surface area contributed by atoms with Gasteiger partial charge in [0, 0.05) is 24.4 Å². The first-order chi connectivity index (χ1) is 7.16. The Hall–Kier alpha value is -0.610. The molecule has 0 fully saturated rings. The van der Waals surface area contributed by atoms with Crippen molar-refractivity contribution in [1.29, 1.82) is 0 Å². The maximum atomic E-state index is 10.7. The molecule has 0 rings (SSSR count). The topological polar surface area (TPSA) is 75.4 Å². The van der Waals surface area contributed by atoms with Crippen LogP contribution in [0.1, 0.15) is 41.0 Å². The molecular weight excluding hydrogens is 204 g/mol. The van der Waals surface area contributed by atoms with Crippen molar-refractivity contribution >= 4 is 5.91 Å². The molecule has 96 valence electrons. The Bertz CT molecular complexity index is 227. The third-order valence-electron chi connectivity index (χ3n) is 2.85. The normalized spacial score (nSPS) is 16.2. The first-order valence-corrected chi connectivity index (χ1v) is 5.86. The molecule has 0 bridgehead atoms. The van der Waals surface area contributed by atoms with Gasteiger partial charge in [0.1, 0.15) is 0 Å². The molecule has 0 aliphatic heterocycles. The van der Waals surface area contributed by atoms with Crippen LogP contribution in [-0.2, 0) is 4.79 Å². The van der Waals surface area contributed by atoms with Gasteiger partial charge in [0.15, 0.2) is 0 Å². The standard InChI is InChI=1S/C12H26N2O2/c1-8(2)11(16)12(4,5)7-14-9(3)6-10(13)15/h8-9,11,14,16H,6-7H2,1-5H3,(H2,13,15). The summed E-state index contributed by atoms with van der Waals surface area (Å²) in [5, 5.41) is 13.2. The van der Waals surface area contributed by atoms with Crippen LogP contribution in [0.2, 0.25) is 0 Å². The molecule has 2 atom stereocenters. The van der Waals surface area contributed by atoms with Crippen molar-refractivity contribution in [3.63, 3.8) is 0 Å². The lowest BCUT2D eigenvalue weighted by molar-refractivity contribution is -0.118. The molecule has 4 N–H and O–H groups in total. The number of primary amides is 1. The average Bonchev–Trinajstić information content (AvgIpc) is 2.12. The van der Waals surface area contributed by atoms with E-state index < -0.39 is 0 Å². The van der Waals surface area contributed by atoms with Gasteiger partial charge < -0.3 is 16.2 Å². The van der Waals surface area contributed by atoms with Gasteiger partial charge in [-0.2, -0.15) is 0 Å². The number of aliphatic hydroxyl groups excluding tert-OH is 1. The van der Waals surface area contributed by atoms with E-state index in [0.29, 0.717) is 13.0 Å². The summed E-state index contributed by atoms with van der Waals surface area (Å²) in [5.74, 6) is -0.0783. The lowest BCUT2D eigenvalue weighted by Gasteiger charge is -2.34. The molecular formula is C12H26N2O2. The molecule has 2 unspecified atom stereocenters. The first kappa shape index (κ1) is 15.4. The Morgan fingerprint density at radius 2 is 1.88 bits per heavy atom. The molecule has 4 heteroatoms. The number of rotatable bonds is 7. The fraction of sp³-hybridized carbons (Fsp3) is 0.917. The highest BCUT2D eigenvalue weighted by Gasteiger charge is 2.30. The maximum absolute atomic E-state index is 10.7. The minimum absolute atomic E-state index is 0.0520. The van der Waals surface area contributed by atoms with Gasteiger partial charge in [-0.15, -0.1) is 0 Å².